The van der Waals surface area contributed by atoms with Crippen molar-refractivity contribution in [2.24, 2.45) is 20.0 Å². The van der Waals surface area contributed by atoms with Crippen molar-refractivity contribution in [2.75, 3.05) is 0 Å². The zero-order chi connectivity index (χ0) is 27.5. The highest BCUT2D eigenvalue weighted by atomic mass is 16.1. The molecule has 188 valence electrons. The standard InChI is InChI=1S/C31H20N4O4/c36-18-32-28-5-1-3-22(12-28)7-24-9-26(16-30(14-24)34-20-38)11-27-10-25(15-31(17-27)35-21-39)8-23-4-2-6-29(13-23)33-19-37/h1-6,9-10,12-17H,7-8,11H2. The second-order valence-electron chi connectivity index (χ2n) is 8.70. The Labute approximate surface area is 223 Å². The maximum Gasteiger partial charge on any atom is 0.240 e. The van der Waals surface area contributed by atoms with Gasteiger partial charge in [-0.3, -0.25) is 0 Å². The van der Waals surface area contributed by atoms with Crippen LogP contribution in [-0.4, -0.2) is 24.3 Å². The minimum atomic E-state index is 0.467. The molecular weight excluding hydrogens is 492 g/mol. The molecule has 8 nitrogen and oxygen atoms in total. The number of hydrogen-bond donors (Lipinski definition) is 0. The molecule has 0 radical (unpaired) electrons. The Morgan fingerprint density at radius 1 is 0.385 bits per heavy atom. The predicted octanol–water partition coefficient (Wildman–Crippen LogP) is 6.33. The summed E-state index contributed by atoms with van der Waals surface area (Å²) < 4.78 is 0. The maximum atomic E-state index is 11.0. The molecule has 0 unspecified atom stereocenters. The Morgan fingerprint density at radius 3 is 1.05 bits per heavy atom. The van der Waals surface area contributed by atoms with Gasteiger partial charge in [0.05, 0.1) is 22.7 Å². The summed E-state index contributed by atoms with van der Waals surface area (Å²) in [6.07, 6.45) is 7.81. The van der Waals surface area contributed by atoms with E-state index in [2.05, 4.69) is 20.0 Å². The Balaban J connectivity index is 1.66. The molecule has 39 heavy (non-hydrogen) atoms. The van der Waals surface area contributed by atoms with E-state index in [1.165, 1.54) is 0 Å². The van der Waals surface area contributed by atoms with Gasteiger partial charge >= 0.3 is 0 Å². The molecular formula is C31H20N4O4. The van der Waals surface area contributed by atoms with Crippen LogP contribution >= 0.6 is 0 Å². The van der Waals surface area contributed by atoms with E-state index in [0.717, 1.165) is 33.4 Å². The lowest BCUT2D eigenvalue weighted by Gasteiger charge is -2.11. The van der Waals surface area contributed by atoms with Gasteiger partial charge in [0, 0.05) is 0 Å². The van der Waals surface area contributed by atoms with E-state index < -0.39 is 0 Å². The van der Waals surface area contributed by atoms with Crippen LogP contribution in [0.1, 0.15) is 33.4 Å². The highest BCUT2D eigenvalue weighted by Gasteiger charge is 2.08. The van der Waals surface area contributed by atoms with Crippen LogP contribution in [0.3, 0.4) is 0 Å². The molecule has 0 atom stereocenters. The molecule has 0 fully saturated rings. The molecule has 0 saturated heterocycles. The normalized spacial score (nSPS) is 9.85. The molecule has 0 amide bonds. The predicted molar refractivity (Wildman–Crippen MR) is 145 cm³/mol. The second-order valence-corrected chi connectivity index (χ2v) is 8.70. The minimum Gasteiger partial charge on any atom is -0.211 e. The van der Waals surface area contributed by atoms with Crippen LogP contribution in [0.4, 0.5) is 22.7 Å². The molecule has 0 bridgehead atoms. The summed E-state index contributed by atoms with van der Waals surface area (Å²) in [5.41, 5.74) is 7.40. The van der Waals surface area contributed by atoms with Gasteiger partial charge in [0.2, 0.25) is 24.3 Å². The van der Waals surface area contributed by atoms with Gasteiger partial charge in [-0.05, 0) is 101 Å². The maximum absolute atomic E-state index is 11.0. The third-order valence-electron chi connectivity index (χ3n) is 5.82. The van der Waals surface area contributed by atoms with Crippen molar-refractivity contribution in [1.82, 2.24) is 0 Å². The van der Waals surface area contributed by atoms with Crippen LogP contribution < -0.4 is 0 Å². The third-order valence-corrected chi connectivity index (χ3v) is 5.82. The van der Waals surface area contributed by atoms with Crippen molar-refractivity contribution in [3.8, 4) is 0 Å². The van der Waals surface area contributed by atoms with E-state index in [-0.39, 0.29) is 0 Å². The molecule has 0 aliphatic carbocycles. The topological polar surface area (TPSA) is 118 Å². The van der Waals surface area contributed by atoms with Gasteiger partial charge in [0.1, 0.15) is 0 Å². The average Bonchev–Trinajstić information content (AvgIpc) is 2.90. The molecule has 0 aliphatic heterocycles. The second kappa shape index (κ2) is 13.1. The monoisotopic (exact) mass is 512 g/mol. The van der Waals surface area contributed by atoms with Gasteiger partial charge in [-0.15, -0.1) is 0 Å². The quantitative estimate of drug-likeness (QED) is 0.182. The average molecular weight is 513 g/mol. The number of hydrogen-bond acceptors (Lipinski definition) is 8. The first-order valence-electron chi connectivity index (χ1n) is 11.8. The van der Waals surface area contributed by atoms with Crippen LogP contribution in [0.25, 0.3) is 0 Å². The summed E-state index contributed by atoms with van der Waals surface area (Å²) >= 11 is 0. The van der Waals surface area contributed by atoms with Crippen LogP contribution in [-0.2, 0) is 38.4 Å². The zero-order valence-electron chi connectivity index (χ0n) is 20.6. The first kappa shape index (κ1) is 26.5. The van der Waals surface area contributed by atoms with Gasteiger partial charge in [0.15, 0.2) is 0 Å². The highest BCUT2D eigenvalue weighted by Crippen LogP contribution is 2.27. The number of aliphatic imine (C=N–C) groups is 4. The fourth-order valence-electron chi connectivity index (χ4n) is 4.41. The number of carbonyl (C=O) groups excluding carboxylic acids is 4. The lowest BCUT2D eigenvalue weighted by atomic mass is 9.95. The summed E-state index contributed by atoms with van der Waals surface area (Å²) in [7, 11) is 0. The number of benzene rings is 4. The summed E-state index contributed by atoms with van der Waals surface area (Å²) in [5, 5.41) is 0. The van der Waals surface area contributed by atoms with E-state index in [0.29, 0.717) is 42.0 Å². The number of isocyanates is 4. The third kappa shape index (κ3) is 7.69. The number of rotatable bonds is 10. The smallest absolute Gasteiger partial charge is 0.211 e. The Morgan fingerprint density at radius 2 is 0.692 bits per heavy atom. The van der Waals surface area contributed by atoms with Gasteiger partial charge in [-0.2, -0.15) is 20.0 Å². The van der Waals surface area contributed by atoms with E-state index >= 15 is 0 Å². The summed E-state index contributed by atoms with van der Waals surface area (Å²) in [6, 6.07) is 25.7. The van der Waals surface area contributed by atoms with E-state index in [1.54, 1.807) is 85.0 Å². The summed E-state index contributed by atoms with van der Waals surface area (Å²) in [6.45, 7) is 0. The minimum absolute atomic E-state index is 0.467. The van der Waals surface area contributed by atoms with E-state index in [9.17, 15) is 19.2 Å². The van der Waals surface area contributed by atoms with Crippen LogP contribution in [0.15, 0.2) is 105 Å². The van der Waals surface area contributed by atoms with Crippen molar-refractivity contribution in [3.05, 3.63) is 118 Å². The lowest BCUT2D eigenvalue weighted by Crippen LogP contribution is -1.95. The molecule has 0 aromatic heterocycles. The van der Waals surface area contributed by atoms with Gasteiger partial charge < -0.3 is 0 Å². The summed E-state index contributed by atoms with van der Waals surface area (Å²) in [5.74, 6) is 0. The van der Waals surface area contributed by atoms with Gasteiger partial charge in [0.25, 0.3) is 0 Å². The molecule has 0 saturated carbocycles. The SMILES string of the molecule is O=C=Nc1cccc(Cc2cc(Cc3cc(Cc4cccc(N=C=O)c4)cc(N=C=O)c3)cc(N=C=O)c2)c1. The largest absolute Gasteiger partial charge is 0.240 e. The number of nitrogens with zero attached hydrogens (tertiary/aromatic N) is 4. The Bertz CT molecular complexity index is 1590. The van der Waals surface area contributed by atoms with Crippen molar-refractivity contribution < 1.29 is 19.2 Å². The highest BCUT2D eigenvalue weighted by molar-refractivity contribution is 5.57. The molecule has 0 heterocycles. The van der Waals surface area contributed by atoms with Crippen LogP contribution in [0, 0.1) is 0 Å². The van der Waals surface area contributed by atoms with Gasteiger partial charge in [-0.1, -0.05) is 36.4 Å². The molecule has 8 heteroatoms. The molecule has 4 rings (SSSR count). The lowest BCUT2D eigenvalue weighted by molar-refractivity contribution is 0.564. The van der Waals surface area contributed by atoms with E-state index in [4.69, 9.17) is 0 Å². The zero-order valence-corrected chi connectivity index (χ0v) is 20.6. The van der Waals surface area contributed by atoms with Crippen LogP contribution in [0.2, 0.25) is 0 Å². The van der Waals surface area contributed by atoms with Crippen molar-refractivity contribution in [2.45, 2.75) is 19.3 Å². The molecule has 4 aromatic carbocycles. The Hall–Kier alpha value is -5.60. The van der Waals surface area contributed by atoms with Crippen LogP contribution in [0.5, 0.6) is 0 Å². The van der Waals surface area contributed by atoms with E-state index in [1.807, 2.05) is 24.3 Å². The molecule has 0 N–H and O–H groups in total. The molecule has 4 aromatic rings. The van der Waals surface area contributed by atoms with Crippen molar-refractivity contribution >= 4 is 47.1 Å². The summed E-state index contributed by atoms with van der Waals surface area (Å²) in [4.78, 5) is 58.3. The molecule has 0 aliphatic rings. The fourth-order valence-corrected chi connectivity index (χ4v) is 4.41. The first-order valence-corrected chi connectivity index (χ1v) is 11.8. The van der Waals surface area contributed by atoms with Crippen molar-refractivity contribution in [3.63, 3.8) is 0 Å². The van der Waals surface area contributed by atoms with Crippen molar-refractivity contribution in [1.29, 1.82) is 0 Å². The fraction of sp³-hybridized carbons (Fsp3) is 0.0968. The van der Waals surface area contributed by atoms with Gasteiger partial charge in [-0.25, -0.2) is 19.2 Å². The first-order chi connectivity index (χ1) is 19.1. The Kier molecular flexibility index (Phi) is 8.88. The molecule has 0 spiro atoms.